The van der Waals surface area contributed by atoms with Crippen molar-refractivity contribution in [2.75, 3.05) is 0 Å². The Kier molecular flexibility index (Phi) is 2.48. The number of rotatable bonds is 1. The van der Waals surface area contributed by atoms with Gasteiger partial charge in [0.2, 0.25) is 0 Å². The second kappa shape index (κ2) is 3.79. The molecule has 0 aliphatic rings. The van der Waals surface area contributed by atoms with E-state index in [2.05, 4.69) is 9.97 Å². The lowest BCUT2D eigenvalue weighted by Gasteiger charge is -2.00. The van der Waals surface area contributed by atoms with Gasteiger partial charge >= 0.3 is 0 Å². The zero-order chi connectivity index (χ0) is 10.8. The monoisotopic (exact) mass is 215 g/mol. The molecule has 0 saturated heterocycles. The molecule has 0 saturated carbocycles. The van der Waals surface area contributed by atoms with E-state index in [1.807, 2.05) is 31.4 Å². The molecule has 4 heteroatoms. The largest absolute Gasteiger partial charge is 0.233 e. The van der Waals surface area contributed by atoms with E-state index in [9.17, 15) is 0 Å². The number of nitrogens with zero attached hydrogens (tertiary/aromatic N) is 3. The van der Waals surface area contributed by atoms with Gasteiger partial charge in [-0.2, -0.15) is 5.26 Å². The molecule has 0 spiro atoms. The second-order valence-electron chi connectivity index (χ2n) is 3.26. The van der Waals surface area contributed by atoms with Gasteiger partial charge in [-0.3, -0.25) is 0 Å². The molecular formula is C11H9N3S. The van der Waals surface area contributed by atoms with Gasteiger partial charge in [0.05, 0.1) is 4.88 Å². The highest BCUT2D eigenvalue weighted by molar-refractivity contribution is 7.13. The molecule has 15 heavy (non-hydrogen) atoms. The van der Waals surface area contributed by atoms with Crippen LogP contribution >= 0.6 is 11.3 Å². The lowest BCUT2D eigenvalue weighted by Crippen LogP contribution is -1.94. The maximum atomic E-state index is 8.82. The van der Waals surface area contributed by atoms with Crippen molar-refractivity contribution < 1.29 is 0 Å². The predicted octanol–water partition coefficient (Wildman–Crippen LogP) is 2.69. The first kappa shape index (κ1) is 9.81. The molecule has 0 aromatic carbocycles. The third-order valence-electron chi connectivity index (χ3n) is 2.03. The van der Waals surface area contributed by atoms with Crippen LogP contribution in [-0.4, -0.2) is 9.97 Å². The highest BCUT2D eigenvalue weighted by Gasteiger charge is 2.08. The van der Waals surface area contributed by atoms with Crippen LogP contribution in [0.3, 0.4) is 0 Å². The molecule has 0 radical (unpaired) electrons. The number of thiophene rings is 1. The van der Waals surface area contributed by atoms with Crippen molar-refractivity contribution >= 4 is 11.3 Å². The molecule has 0 aliphatic carbocycles. The first-order valence-corrected chi connectivity index (χ1v) is 5.39. The summed E-state index contributed by atoms with van der Waals surface area (Å²) in [6, 6.07) is 5.76. The lowest BCUT2D eigenvalue weighted by atomic mass is 10.2. The Morgan fingerprint density at radius 1 is 1.33 bits per heavy atom. The summed E-state index contributed by atoms with van der Waals surface area (Å²) in [7, 11) is 0. The van der Waals surface area contributed by atoms with Crippen molar-refractivity contribution in [3.63, 3.8) is 0 Å². The van der Waals surface area contributed by atoms with E-state index in [1.165, 1.54) is 0 Å². The molecule has 0 N–H and O–H groups in total. The average molecular weight is 215 g/mol. The third kappa shape index (κ3) is 1.88. The van der Waals surface area contributed by atoms with Crippen molar-refractivity contribution in [3.8, 4) is 16.8 Å². The minimum atomic E-state index is 0.422. The highest BCUT2D eigenvalue weighted by Crippen LogP contribution is 2.26. The fraction of sp³-hybridized carbons (Fsp3) is 0.182. The Bertz CT molecular complexity index is 537. The SMILES string of the molecule is Cc1cc(C#N)nc(-c2sccc2C)n1. The summed E-state index contributed by atoms with van der Waals surface area (Å²) in [5.74, 6) is 0.652. The normalized spacial score (nSPS) is 9.93. The van der Waals surface area contributed by atoms with Gasteiger partial charge in [-0.25, -0.2) is 9.97 Å². The summed E-state index contributed by atoms with van der Waals surface area (Å²) in [5.41, 5.74) is 2.39. The predicted molar refractivity (Wildman–Crippen MR) is 59.5 cm³/mol. The van der Waals surface area contributed by atoms with E-state index in [4.69, 9.17) is 5.26 Å². The van der Waals surface area contributed by atoms with Gasteiger partial charge in [-0.05, 0) is 36.9 Å². The zero-order valence-electron chi connectivity index (χ0n) is 8.48. The first-order valence-electron chi connectivity index (χ1n) is 4.51. The van der Waals surface area contributed by atoms with Crippen LogP contribution in [-0.2, 0) is 0 Å². The Hall–Kier alpha value is -1.73. The van der Waals surface area contributed by atoms with Gasteiger partial charge in [0, 0.05) is 5.69 Å². The van der Waals surface area contributed by atoms with Crippen LogP contribution in [0, 0.1) is 25.2 Å². The molecule has 2 rings (SSSR count). The zero-order valence-corrected chi connectivity index (χ0v) is 9.30. The van der Waals surface area contributed by atoms with Gasteiger partial charge in [0.25, 0.3) is 0 Å². The van der Waals surface area contributed by atoms with Crippen LogP contribution < -0.4 is 0 Å². The van der Waals surface area contributed by atoms with E-state index < -0.39 is 0 Å². The molecule has 0 unspecified atom stereocenters. The molecule has 3 nitrogen and oxygen atoms in total. The average Bonchev–Trinajstić information content (AvgIpc) is 2.63. The summed E-state index contributed by atoms with van der Waals surface area (Å²) in [6.07, 6.45) is 0. The Morgan fingerprint density at radius 2 is 2.13 bits per heavy atom. The molecule has 0 atom stereocenters. The fourth-order valence-electron chi connectivity index (χ4n) is 1.33. The van der Waals surface area contributed by atoms with E-state index in [0.717, 1.165) is 16.1 Å². The summed E-state index contributed by atoms with van der Waals surface area (Å²) in [6.45, 7) is 3.89. The minimum Gasteiger partial charge on any atom is -0.233 e. The number of hydrogen-bond acceptors (Lipinski definition) is 4. The Balaban J connectivity index is 2.59. The van der Waals surface area contributed by atoms with Gasteiger partial charge < -0.3 is 0 Å². The van der Waals surface area contributed by atoms with E-state index in [-0.39, 0.29) is 0 Å². The van der Waals surface area contributed by atoms with Crippen LogP contribution in [0.15, 0.2) is 17.5 Å². The van der Waals surface area contributed by atoms with Crippen LogP contribution in [0.2, 0.25) is 0 Å². The topological polar surface area (TPSA) is 49.6 Å². The van der Waals surface area contributed by atoms with Crippen molar-refractivity contribution in [3.05, 3.63) is 34.5 Å². The van der Waals surface area contributed by atoms with E-state index in [1.54, 1.807) is 17.4 Å². The highest BCUT2D eigenvalue weighted by atomic mass is 32.1. The first-order chi connectivity index (χ1) is 7.20. The molecule has 0 aliphatic heterocycles. The van der Waals surface area contributed by atoms with Crippen molar-refractivity contribution in [1.29, 1.82) is 5.26 Å². The van der Waals surface area contributed by atoms with Crippen LogP contribution in [0.25, 0.3) is 10.7 Å². The second-order valence-corrected chi connectivity index (χ2v) is 4.18. The summed E-state index contributed by atoms with van der Waals surface area (Å²) >= 11 is 1.60. The molecule has 0 bridgehead atoms. The van der Waals surface area contributed by atoms with Crippen LogP contribution in [0.1, 0.15) is 17.0 Å². The Morgan fingerprint density at radius 3 is 2.73 bits per heavy atom. The van der Waals surface area contributed by atoms with Crippen molar-refractivity contribution in [2.45, 2.75) is 13.8 Å². The number of hydrogen-bond donors (Lipinski definition) is 0. The van der Waals surface area contributed by atoms with Gasteiger partial charge in [-0.15, -0.1) is 11.3 Å². The minimum absolute atomic E-state index is 0.422. The summed E-state index contributed by atoms with van der Waals surface area (Å²) < 4.78 is 0. The summed E-state index contributed by atoms with van der Waals surface area (Å²) in [5, 5.41) is 10.8. The molecule has 2 aromatic rings. The van der Waals surface area contributed by atoms with Crippen molar-refractivity contribution in [1.82, 2.24) is 9.97 Å². The smallest absolute Gasteiger partial charge is 0.171 e. The molecule has 2 heterocycles. The molecule has 0 amide bonds. The maximum absolute atomic E-state index is 8.82. The van der Waals surface area contributed by atoms with E-state index in [0.29, 0.717) is 11.5 Å². The number of nitriles is 1. The van der Waals surface area contributed by atoms with Gasteiger partial charge in [0.15, 0.2) is 5.82 Å². The molecular weight excluding hydrogens is 206 g/mol. The van der Waals surface area contributed by atoms with E-state index >= 15 is 0 Å². The quantitative estimate of drug-likeness (QED) is 0.734. The number of aryl methyl sites for hydroxylation is 2. The van der Waals surface area contributed by atoms with Crippen LogP contribution in [0.5, 0.6) is 0 Å². The fourth-order valence-corrected chi connectivity index (χ4v) is 2.19. The maximum Gasteiger partial charge on any atom is 0.171 e. The third-order valence-corrected chi connectivity index (χ3v) is 3.05. The molecule has 74 valence electrons. The summed E-state index contributed by atoms with van der Waals surface area (Å²) in [4.78, 5) is 9.56. The van der Waals surface area contributed by atoms with Crippen molar-refractivity contribution in [2.24, 2.45) is 0 Å². The molecule has 0 fully saturated rings. The Labute approximate surface area is 92.1 Å². The number of aromatic nitrogens is 2. The standard InChI is InChI=1S/C11H9N3S/c1-7-3-4-15-10(7)11-13-8(2)5-9(6-12)14-11/h3-5H,1-2H3. The lowest BCUT2D eigenvalue weighted by molar-refractivity contribution is 1.09. The van der Waals surface area contributed by atoms with Gasteiger partial charge in [0.1, 0.15) is 11.8 Å². The van der Waals surface area contributed by atoms with Gasteiger partial charge in [-0.1, -0.05) is 0 Å². The van der Waals surface area contributed by atoms with Crippen LogP contribution in [0.4, 0.5) is 0 Å². The molecule has 2 aromatic heterocycles.